The maximum Gasteiger partial charge on any atom is 0.0821 e. The normalized spacial score (nSPS) is 17.7. The van der Waals surface area contributed by atoms with Gasteiger partial charge in [-0.1, -0.05) is 19.8 Å². The van der Waals surface area contributed by atoms with E-state index in [1.165, 1.54) is 31.2 Å². The van der Waals surface area contributed by atoms with Crippen LogP contribution in [0.2, 0.25) is 0 Å². The van der Waals surface area contributed by atoms with E-state index in [-0.39, 0.29) is 6.04 Å². The van der Waals surface area contributed by atoms with Crippen LogP contribution >= 0.6 is 0 Å². The number of aromatic nitrogens is 3. The van der Waals surface area contributed by atoms with Crippen molar-refractivity contribution in [2.45, 2.75) is 57.7 Å². The smallest absolute Gasteiger partial charge is 0.0821 e. The van der Waals surface area contributed by atoms with Crippen molar-refractivity contribution in [3.63, 3.8) is 0 Å². The van der Waals surface area contributed by atoms with Crippen molar-refractivity contribution < 1.29 is 0 Å². The molecule has 20 heavy (non-hydrogen) atoms. The maximum absolute atomic E-state index is 6.05. The molecule has 0 bridgehead atoms. The maximum atomic E-state index is 6.05. The van der Waals surface area contributed by atoms with Gasteiger partial charge < -0.3 is 10.3 Å². The zero-order chi connectivity index (χ0) is 13.9. The molecule has 1 saturated carbocycles. The second kappa shape index (κ2) is 5.83. The van der Waals surface area contributed by atoms with E-state index in [9.17, 15) is 0 Å². The molecule has 0 aliphatic heterocycles. The molecule has 4 heteroatoms. The van der Waals surface area contributed by atoms with E-state index in [2.05, 4.69) is 46.9 Å². The third-order valence-corrected chi connectivity index (χ3v) is 4.35. The second-order valence-corrected chi connectivity index (χ2v) is 5.86. The van der Waals surface area contributed by atoms with Gasteiger partial charge >= 0.3 is 0 Å². The average Bonchev–Trinajstić information content (AvgIpc) is 3.19. The summed E-state index contributed by atoms with van der Waals surface area (Å²) in [6.45, 7) is 2.95. The van der Waals surface area contributed by atoms with Crippen LogP contribution in [0.5, 0.6) is 0 Å². The van der Waals surface area contributed by atoms with Crippen molar-refractivity contribution in [2.75, 3.05) is 0 Å². The van der Waals surface area contributed by atoms with Gasteiger partial charge in [0.15, 0.2) is 0 Å². The molecular formula is C16H24N4. The lowest BCUT2D eigenvalue weighted by Crippen LogP contribution is -2.08. The van der Waals surface area contributed by atoms with E-state index in [4.69, 9.17) is 10.8 Å². The predicted octanol–water partition coefficient (Wildman–Crippen LogP) is 3.26. The van der Waals surface area contributed by atoms with Crippen LogP contribution in [0.1, 0.15) is 62.4 Å². The van der Waals surface area contributed by atoms with Gasteiger partial charge in [-0.2, -0.15) is 5.10 Å². The average molecular weight is 272 g/mol. The molecule has 1 aliphatic rings. The summed E-state index contributed by atoms with van der Waals surface area (Å²) in [4.78, 5) is 0. The third-order valence-electron chi connectivity index (χ3n) is 4.35. The van der Waals surface area contributed by atoms with Crippen LogP contribution in [-0.2, 0) is 6.54 Å². The molecule has 108 valence electrons. The van der Waals surface area contributed by atoms with E-state index in [1.54, 1.807) is 0 Å². The molecule has 2 N–H and O–H groups in total. The van der Waals surface area contributed by atoms with Crippen LogP contribution in [0.4, 0.5) is 0 Å². The van der Waals surface area contributed by atoms with Gasteiger partial charge in [0.25, 0.3) is 0 Å². The van der Waals surface area contributed by atoms with Crippen LogP contribution in [0.3, 0.4) is 0 Å². The lowest BCUT2D eigenvalue weighted by atomic mass is 10.1. The molecule has 1 fully saturated rings. The molecule has 1 atom stereocenters. The summed E-state index contributed by atoms with van der Waals surface area (Å²) in [6.07, 6.45) is 12.6. The third kappa shape index (κ3) is 2.80. The summed E-state index contributed by atoms with van der Waals surface area (Å²) in [5.74, 6) is 0. The summed E-state index contributed by atoms with van der Waals surface area (Å²) in [5, 5.41) is 4.73. The monoisotopic (exact) mass is 272 g/mol. The first kappa shape index (κ1) is 13.4. The molecule has 0 radical (unpaired) electrons. The Labute approximate surface area is 120 Å². The van der Waals surface area contributed by atoms with Crippen molar-refractivity contribution in [1.29, 1.82) is 0 Å². The number of nitrogens with two attached hydrogens (primary N) is 1. The van der Waals surface area contributed by atoms with Crippen molar-refractivity contribution in [3.05, 3.63) is 42.0 Å². The minimum Gasteiger partial charge on any atom is -0.348 e. The predicted molar refractivity (Wildman–Crippen MR) is 80.5 cm³/mol. The fraction of sp³-hybridized carbons (Fsp3) is 0.562. The number of nitrogens with zero attached hydrogens (tertiary/aromatic N) is 3. The van der Waals surface area contributed by atoms with E-state index < -0.39 is 0 Å². The minimum atomic E-state index is 0.146. The first-order valence-corrected chi connectivity index (χ1v) is 7.71. The summed E-state index contributed by atoms with van der Waals surface area (Å²) >= 11 is 0. The van der Waals surface area contributed by atoms with Gasteiger partial charge in [0.1, 0.15) is 0 Å². The lowest BCUT2D eigenvalue weighted by molar-refractivity contribution is 0.461. The van der Waals surface area contributed by atoms with Crippen molar-refractivity contribution in [1.82, 2.24) is 14.3 Å². The van der Waals surface area contributed by atoms with E-state index in [0.717, 1.165) is 18.7 Å². The highest BCUT2D eigenvalue weighted by molar-refractivity contribution is 5.16. The topological polar surface area (TPSA) is 48.8 Å². The summed E-state index contributed by atoms with van der Waals surface area (Å²) in [7, 11) is 0. The van der Waals surface area contributed by atoms with Gasteiger partial charge in [-0.3, -0.25) is 4.68 Å². The van der Waals surface area contributed by atoms with Gasteiger partial charge in [0.05, 0.1) is 18.3 Å². The molecular weight excluding hydrogens is 248 g/mol. The quantitative estimate of drug-likeness (QED) is 0.908. The molecule has 4 nitrogen and oxygen atoms in total. The van der Waals surface area contributed by atoms with Gasteiger partial charge in [-0.05, 0) is 37.0 Å². The Morgan fingerprint density at radius 2 is 2.10 bits per heavy atom. The Morgan fingerprint density at radius 3 is 2.85 bits per heavy atom. The highest BCUT2D eigenvalue weighted by Gasteiger charge is 2.17. The molecule has 0 aromatic carbocycles. The highest BCUT2D eigenvalue weighted by atomic mass is 15.3. The number of hydrogen-bond acceptors (Lipinski definition) is 2. The van der Waals surface area contributed by atoms with Crippen molar-refractivity contribution in [2.24, 2.45) is 5.73 Å². The zero-order valence-corrected chi connectivity index (χ0v) is 12.2. The van der Waals surface area contributed by atoms with Crippen molar-refractivity contribution >= 4 is 0 Å². The highest BCUT2D eigenvalue weighted by Crippen LogP contribution is 2.28. The molecule has 0 saturated heterocycles. The summed E-state index contributed by atoms with van der Waals surface area (Å²) < 4.78 is 4.33. The second-order valence-electron chi connectivity index (χ2n) is 5.86. The number of hydrogen-bond donors (Lipinski definition) is 1. The Kier molecular flexibility index (Phi) is 3.92. The molecule has 2 heterocycles. The lowest BCUT2D eigenvalue weighted by Gasteiger charge is -2.09. The molecule has 3 rings (SSSR count). The molecule has 2 aromatic heterocycles. The Hall–Kier alpha value is -1.55. The minimum absolute atomic E-state index is 0.146. The molecule has 0 spiro atoms. The van der Waals surface area contributed by atoms with Crippen LogP contribution in [0.15, 0.2) is 30.7 Å². The summed E-state index contributed by atoms with van der Waals surface area (Å²) in [6, 6.07) is 5.02. The summed E-state index contributed by atoms with van der Waals surface area (Å²) in [5.41, 5.74) is 8.39. The fourth-order valence-corrected chi connectivity index (χ4v) is 3.03. The Balaban J connectivity index is 1.66. The fourth-order valence-electron chi connectivity index (χ4n) is 3.03. The van der Waals surface area contributed by atoms with E-state index in [1.807, 2.05) is 0 Å². The zero-order valence-electron chi connectivity index (χ0n) is 12.2. The van der Waals surface area contributed by atoms with Crippen LogP contribution in [-0.4, -0.2) is 14.3 Å². The number of rotatable bonds is 5. The van der Waals surface area contributed by atoms with Gasteiger partial charge in [-0.25, -0.2) is 0 Å². The van der Waals surface area contributed by atoms with Crippen LogP contribution in [0.25, 0.3) is 0 Å². The van der Waals surface area contributed by atoms with Crippen molar-refractivity contribution in [3.8, 4) is 0 Å². The first-order valence-electron chi connectivity index (χ1n) is 7.71. The molecule has 1 unspecified atom stereocenters. The van der Waals surface area contributed by atoms with Gasteiger partial charge in [0.2, 0.25) is 0 Å². The SMILES string of the molecule is CCC(N)c1ccn(Cc2ccn(C3CCCC3)n2)c1. The van der Waals surface area contributed by atoms with Crippen LogP contribution in [0, 0.1) is 0 Å². The molecule has 1 aliphatic carbocycles. The largest absolute Gasteiger partial charge is 0.348 e. The Bertz CT molecular complexity index is 548. The van der Waals surface area contributed by atoms with E-state index in [0.29, 0.717) is 6.04 Å². The van der Waals surface area contributed by atoms with E-state index >= 15 is 0 Å². The Morgan fingerprint density at radius 1 is 1.30 bits per heavy atom. The molecule has 2 aromatic rings. The van der Waals surface area contributed by atoms with Gasteiger partial charge in [-0.15, -0.1) is 0 Å². The first-order chi connectivity index (χ1) is 9.76. The van der Waals surface area contributed by atoms with Gasteiger partial charge in [0, 0.05) is 24.6 Å². The molecule has 0 amide bonds. The standard InChI is InChI=1S/C16H24N4/c1-2-16(17)13-7-9-19(11-13)12-14-8-10-20(18-14)15-5-3-4-6-15/h7-11,15-16H,2-6,12,17H2,1H3. The van der Waals surface area contributed by atoms with Crippen LogP contribution < -0.4 is 5.73 Å².